The standard InChI is InChI=1S/C40H50N6O5.C39H48N6O5.Na.H2O/c1-39(2)37(40(3,4)38(39)51-32-13-9-29(24-41)34(23-32)49-5)43-35(47)28-7-10-30(11-8-28)45-17-15-27(16-18-45)26-44-19-21-46(22-20-44)31-12-14-33(42-25-31)36(48)50-6;1-38(2)36(39(3,4)37(38)50-31-12-8-28(23-40)33(22-31)49-5)42-34(46)27-6-9-29(10-7-27)44-16-14-26(15-17-44)25-43-18-20-45(21-19-43)30-11-13-32(35(47)48)41-24-30;;/h7-14,23,25,27,37-38H,15-22,26H2,1-6H3,(H,43,47);6-13,22,24,26,36-37H,14-21,25H2,1-5H3,(H,42,46)(H,47,48);;1H2/q;;+1;/p-1. The molecule has 4 aliphatic heterocycles. The Morgan fingerprint density at radius 3 is 1.14 bits per heavy atom. The number of pyridine rings is 2. The van der Waals surface area contributed by atoms with Crippen molar-refractivity contribution >= 4 is 46.5 Å². The number of nitriles is 2. The van der Waals surface area contributed by atoms with Gasteiger partial charge in [0.2, 0.25) is 0 Å². The van der Waals surface area contributed by atoms with Gasteiger partial charge in [0.05, 0.1) is 56.2 Å². The number of methoxy groups -OCH3 is 3. The summed E-state index contributed by atoms with van der Waals surface area (Å²) in [5.41, 5.74) is 5.61. The minimum absolute atomic E-state index is 0. The van der Waals surface area contributed by atoms with Gasteiger partial charge in [-0.2, -0.15) is 10.5 Å². The van der Waals surface area contributed by atoms with Gasteiger partial charge in [-0.05, 0) is 135 Å². The van der Waals surface area contributed by atoms with E-state index in [1.54, 1.807) is 68.0 Å². The summed E-state index contributed by atoms with van der Waals surface area (Å²) in [4.78, 5) is 72.6. The minimum Gasteiger partial charge on any atom is -0.870 e. The number of benzene rings is 4. The summed E-state index contributed by atoms with van der Waals surface area (Å²) >= 11 is 0. The Labute approximate surface area is 628 Å². The van der Waals surface area contributed by atoms with E-state index in [4.69, 9.17) is 28.8 Å². The molecule has 2 amide bonds. The van der Waals surface area contributed by atoms with Gasteiger partial charge in [-0.15, -0.1) is 0 Å². The quantitative estimate of drug-likeness (QED) is 0.0491. The van der Waals surface area contributed by atoms with E-state index in [1.807, 2.05) is 36.4 Å². The zero-order chi connectivity index (χ0) is 72.0. The number of piperidine rings is 2. The molecule has 0 spiro atoms. The van der Waals surface area contributed by atoms with Crippen LogP contribution in [0.5, 0.6) is 23.0 Å². The summed E-state index contributed by atoms with van der Waals surface area (Å²) < 4.78 is 28.4. The van der Waals surface area contributed by atoms with Crippen molar-refractivity contribution in [1.29, 1.82) is 10.5 Å². The molecule has 23 nitrogen and oxygen atoms in total. The number of esters is 1. The summed E-state index contributed by atoms with van der Waals surface area (Å²) in [5.74, 6) is 1.96. The predicted molar refractivity (Wildman–Crippen MR) is 391 cm³/mol. The number of amides is 2. The third-order valence-corrected chi connectivity index (χ3v) is 22.2. The van der Waals surface area contributed by atoms with Crippen LogP contribution in [0.3, 0.4) is 0 Å². The summed E-state index contributed by atoms with van der Waals surface area (Å²) in [6, 6.07) is 37.6. The van der Waals surface area contributed by atoms with Crippen LogP contribution < -0.4 is 78.7 Å². The number of carboxylic acid groups (broad SMARTS) is 1. The summed E-state index contributed by atoms with van der Waals surface area (Å²) in [5, 5.41) is 34.4. The summed E-state index contributed by atoms with van der Waals surface area (Å²) in [6.07, 6.45) is 7.66. The smallest absolute Gasteiger partial charge is 0.870 e. The van der Waals surface area contributed by atoms with Gasteiger partial charge in [-0.25, -0.2) is 19.6 Å². The molecule has 12 rings (SSSR count). The molecule has 6 aliphatic rings. The van der Waals surface area contributed by atoms with Crippen LogP contribution in [-0.2, 0) is 4.74 Å². The second-order valence-corrected chi connectivity index (χ2v) is 30.2. The molecule has 2 saturated carbocycles. The maximum Gasteiger partial charge on any atom is 1.00 e. The third kappa shape index (κ3) is 17.4. The Hall–Kier alpha value is -8.68. The van der Waals surface area contributed by atoms with Crippen molar-refractivity contribution < 1.29 is 83.0 Å². The van der Waals surface area contributed by atoms with Crippen molar-refractivity contribution in [3.63, 3.8) is 0 Å². The molecule has 6 fully saturated rings. The SMILES string of the molecule is COC(=O)c1ccc(N2CCN(CC3CCN(c4ccc(C(=O)NC5C(C)(C)C(Oc6ccc(C#N)c(OC)c6)C5(C)C)cc4)CC3)CC2)cn1.COc1cc(OC2C(C)(C)C(NC(=O)c3ccc(N4CCC(CN5CCN(c6ccc(C(=O)O)nc6)CC5)CC4)cc3)C2(C)C)ccc1C#N.[Na+].[OH-]. The molecular formula is C79H99N12NaO11. The average molecular weight is 1420 g/mol. The average Bonchev–Trinajstić information content (AvgIpc) is 0.714. The molecule has 0 unspecified atom stereocenters. The van der Waals surface area contributed by atoms with Crippen LogP contribution in [0.1, 0.15) is 134 Å². The number of nitrogens with zero attached hydrogens (tertiary/aromatic N) is 10. The number of nitrogens with one attached hydrogen (secondary N) is 2. The molecule has 4 N–H and O–H groups in total. The normalized spacial score (nSPS) is 21.3. The number of carboxylic acids is 1. The van der Waals surface area contributed by atoms with Crippen LogP contribution in [0.2, 0.25) is 0 Å². The van der Waals surface area contributed by atoms with Crippen molar-refractivity contribution in [2.75, 3.05) is 133 Å². The summed E-state index contributed by atoms with van der Waals surface area (Å²) in [7, 11) is 4.45. The van der Waals surface area contributed by atoms with Gasteiger partial charge in [0, 0.05) is 160 Å². The zero-order valence-corrected chi connectivity index (χ0v) is 63.8. The summed E-state index contributed by atoms with van der Waals surface area (Å²) in [6.45, 7) is 30.8. The van der Waals surface area contributed by atoms with E-state index in [9.17, 15) is 29.7 Å². The molecule has 4 aromatic carbocycles. The Morgan fingerprint density at radius 2 is 0.825 bits per heavy atom. The first kappa shape index (κ1) is 78.5. The van der Waals surface area contributed by atoms with Crippen molar-refractivity contribution in [3.05, 3.63) is 155 Å². The second kappa shape index (κ2) is 33.4. The molecule has 4 saturated heterocycles. The molecule has 0 atom stereocenters. The van der Waals surface area contributed by atoms with Crippen molar-refractivity contribution in [1.82, 2.24) is 30.4 Å². The molecular weight excluding hydrogens is 1320 g/mol. The van der Waals surface area contributed by atoms with Crippen LogP contribution in [0.25, 0.3) is 0 Å². The van der Waals surface area contributed by atoms with Crippen LogP contribution in [0, 0.1) is 56.2 Å². The van der Waals surface area contributed by atoms with Crippen LogP contribution in [-0.4, -0.2) is 191 Å². The maximum atomic E-state index is 13.5. The number of ether oxygens (including phenoxy) is 5. The Bertz CT molecular complexity index is 3950. The molecule has 542 valence electrons. The van der Waals surface area contributed by atoms with Gasteiger partial charge in [-0.3, -0.25) is 19.4 Å². The Morgan fingerprint density at radius 1 is 0.485 bits per heavy atom. The number of carbonyl (C=O) groups is 4. The largest absolute Gasteiger partial charge is 1.00 e. The van der Waals surface area contributed by atoms with E-state index in [-0.39, 0.29) is 98.5 Å². The van der Waals surface area contributed by atoms with Crippen molar-refractivity contribution in [2.24, 2.45) is 33.5 Å². The molecule has 2 aromatic heterocycles. The third-order valence-electron chi connectivity index (χ3n) is 22.2. The number of aromatic carboxylic acids is 1. The number of anilines is 4. The number of aromatic nitrogens is 2. The molecule has 24 heteroatoms. The fourth-order valence-electron chi connectivity index (χ4n) is 17.0. The Kier molecular flexibility index (Phi) is 25.4. The second-order valence-electron chi connectivity index (χ2n) is 30.2. The number of carbonyl (C=O) groups excluding carboxylic acids is 3. The topological polar surface area (TPSA) is 282 Å². The minimum atomic E-state index is -1.00. The van der Waals surface area contributed by atoms with Crippen LogP contribution in [0.4, 0.5) is 22.7 Å². The van der Waals surface area contributed by atoms with Crippen LogP contribution >= 0.6 is 0 Å². The first-order valence-corrected chi connectivity index (χ1v) is 35.3. The number of hydrogen-bond donors (Lipinski definition) is 3. The monoisotopic (exact) mass is 1410 g/mol. The first-order chi connectivity index (χ1) is 48.3. The molecule has 0 bridgehead atoms. The van der Waals surface area contributed by atoms with Crippen molar-refractivity contribution in [3.8, 4) is 35.1 Å². The van der Waals surface area contributed by atoms with E-state index in [2.05, 4.69) is 142 Å². The number of rotatable bonds is 20. The molecule has 2 aliphatic carbocycles. The van der Waals surface area contributed by atoms with E-state index >= 15 is 0 Å². The number of piperazine rings is 2. The van der Waals surface area contributed by atoms with E-state index in [0.717, 1.165) is 140 Å². The molecule has 103 heavy (non-hydrogen) atoms. The van der Waals surface area contributed by atoms with Gasteiger partial charge >= 0.3 is 41.5 Å². The molecule has 6 aromatic rings. The fourth-order valence-corrected chi connectivity index (χ4v) is 17.0. The predicted octanol–water partition coefficient (Wildman–Crippen LogP) is 7.54. The number of hydrogen-bond acceptors (Lipinski definition) is 20. The zero-order valence-electron chi connectivity index (χ0n) is 61.8. The first-order valence-electron chi connectivity index (χ1n) is 35.3. The van der Waals surface area contributed by atoms with Gasteiger partial charge in [-0.1, -0.05) is 55.4 Å². The van der Waals surface area contributed by atoms with Gasteiger partial charge in [0.1, 0.15) is 58.7 Å². The van der Waals surface area contributed by atoms with Crippen LogP contribution in [0.15, 0.2) is 122 Å². The van der Waals surface area contributed by atoms with Gasteiger partial charge in [0.15, 0.2) is 0 Å². The molecule has 6 heterocycles. The van der Waals surface area contributed by atoms with E-state index in [1.165, 1.54) is 14.2 Å². The van der Waals surface area contributed by atoms with Gasteiger partial charge in [0.25, 0.3) is 11.8 Å². The maximum absolute atomic E-state index is 13.5. The Balaban J connectivity index is 0.000000235. The molecule has 0 radical (unpaired) electrons. The fraction of sp³-hybridized carbons (Fsp3) is 0.494. The van der Waals surface area contributed by atoms with E-state index in [0.29, 0.717) is 62.8 Å². The van der Waals surface area contributed by atoms with Crippen molar-refractivity contribution in [2.45, 2.75) is 105 Å². The van der Waals surface area contributed by atoms with E-state index < -0.39 is 11.9 Å². The van der Waals surface area contributed by atoms with Gasteiger partial charge < -0.3 is 64.5 Å².